The van der Waals surface area contributed by atoms with Gasteiger partial charge in [0.05, 0.1) is 13.2 Å². The molecule has 0 bridgehead atoms. The Bertz CT molecular complexity index is 943. The average molecular weight is 421 g/mol. The van der Waals surface area contributed by atoms with E-state index in [1.165, 1.54) is 0 Å². The number of hydrogen-bond donors (Lipinski definition) is 1. The Hall–Kier alpha value is -2.66. The van der Waals surface area contributed by atoms with E-state index in [0.29, 0.717) is 32.0 Å². The standard InChI is InChI=1S/C26H32N2O3/c1-18(2)27-25(30)26(17-28(12-13-31-26)24(29)23-14-19(23)3)16-20-8-7-11-22(15-20)21-9-5-4-6-10-21/h4-11,15,18-19,23H,12-14,16-17H2,1-3H3,(H,27,30)/t19-,23+,26+/m1/s1. The Morgan fingerprint density at radius 3 is 2.52 bits per heavy atom. The lowest BCUT2D eigenvalue weighted by molar-refractivity contribution is -0.167. The lowest BCUT2D eigenvalue weighted by Gasteiger charge is -2.42. The number of amides is 2. The van der Waals surface area contributed by atoms with Crippen molar-refractivity contribution in [1.82, 2.24) is 10.2 Å². The van der Waals surface area contributed by atoms with Crippen molar-refractivity contribution in [2.75, 3.05) is 19.7 Å². The minimum absolute atomic E-state index is 0.00170. The fourth-order valence-electron chi connectivity index (χ4n) is 4.41. The van der Waals surface area contributed by atoms with E-state index in [0.717, 1.165) is 23.1 Å². The van der Waals surface area contributed by atoms with E-state index in [2.05, 4.69) is 36.5 Å². The Kier molecular flexibility index (Phi) is 6.15. The predicted molar refractivity (Wildman–Crippen MR) is 121 cm³/mol. The van der Waals surface area contributed by atoms with Crippen molar-refractivity contribution < 1.29 is 14.3 Å². The van der Waals surface area contributed by atoms with Crippen LogP contribution in [0.3, 0.4) is 0 Å². The van der Waals surface area contributed by atoms with E-state index in [1.807, 2.05) is 49.1 Å². The van der Waals surface area contributed by atoms with Crippen LogP contribution in [0.25, 0.3) is 11.1 Å². The van der Waals surface area contributed by atoms with E-state index in [1.54, 1.807) is 0 Å². The average Bonchev–Trinajstić information content (AvgIpc) is 3.50. The van der Waals surface area contributed by atoms with Gasteiger partial charge in [0, 0.05) is 24.9 Å². The van der Waals surface area contributed by atoms with Crippen LogP contribution in [0.15, 0.2) is 54.6 Å². The van der Waals surface area contributed by atoms with Gasteiger partial charge in [-0.2, -0.15) is 0 Å². The van der Waals surface area contributed by atoms with Gasteiger partial charge >= 0.3 is 0 Å². The van der Waals surface area contributed by atoms with E-state index in [4.69, 9.17) is 4.74 Å². The maximum atomic E-state index is 13.3. The van der Waals surface area contributed by atoms with Crippen molar-refractivity contribution in [3.8, 4) is 11.1 Å². The van der Waals surface area contributed by atoms with E-state index >= 15 is 0 Å². The van der Waals surface area contributed by atoms with Gasteiger partial charge in [-0.3, -0.25) is 9.59 Å². The lowest BCUT2D eigenvalue weighted by Crippen LogP contribution is -2.63. The Labute approximate surface area is 184 Å². The molecule has 2 aromatic carbocycles. The van der Waals surface area contributed by atoms with Crippen molar-refractivity contribution in [3.63, 3.8) is 0 Å². The first-order valence-corrected chi connectivity index (χ1v) is 11.3. The summed E-state index contributed by atoms with van der Waals surface area (Å²) in [5.41, 5.74) is 2.18. The maximum absolute atomic E-state index is 13.3. The van der Waals surface area contributed by atoms with Crippen molar-refractivity contribution in [2.24, 2.45) is 11.8 Å². The minimum atomic E-state index is -1.08. The molecule has 2 fully saturated rings. The molecule has 164 valence electrons. The smallest absolute Gasteiger partial charge is 0.254 e. The Morgan fingerprint density at radius 1 is 1.13 bits per heavy atom. The Balaban J connectivity index is 1.61. The zero-order valence-electron chi connectivity index (χ0n) is 18.6. The summed E-state index contributed by atoms with van der Waals surface area (Å²) in [5, 5.41) is 3.03. The van der Waals surface area contributed by atoms with Crippen LogP contribution in [0.4, 0.5) is 0 Å². The van der Waals surface area contributed by atoms with Gasteiger partial charge in [-0.1, -0.05) is 61.5 Å². The largest absolute Gasteiger partial charge is 0.361 e. The van der Waals surface area contributed by atoms with Crippen molar-refractivity contribution >= 4 is 11.8 Å². The van der Waals surface area contributed by atoms with Gasteiger partial charge < -0.3 is 15.0 Å². The number of ether oxygens (including phenoxy) is 1. The van der Waals surface area contributed by atoms with Crippen LogP contribution < -0.4 is 5.32 Å². The van der Waals surface area contributed by atoms with E-state index in [9.17, 15) is 9.59 Å². The van der Waals surface area contributed by atoms with Gasteiger partial charge in [0.1, 0.15) is 0 Å². The highest BCUT2D eigenvalue weighted by molar-refractivity contribution is 5.88. The van der Waals surface area contributed by atoms with Gasteiger partial charge in [-0.05, 0) is 42.9 Å². The highest BCUT2D eigenvalue weighted by Gasteiger charge is 2.48. The third-order valence-corrected chi connectivity index (χ3v) is 6.28. The molecular weight excluding hydrogens is 388 g/mol. The molecule has 2 aliphatic rings. The van der Waals surface area contributed by atoms with Crippen molar-refractivity contribution in [3.05, 3.63) is 60.2 Å². The fraction of sp³-hybridized carbons (Fsp3) is 0.462. The number of benzene rings is 2. The molecule has 0 spiro atoms. The molecule has 4 rings (SSSR count). The summed E-state index contributed by atoms with van der Waals surface area (Å²) in [4.78, 5) is 28.1. The number of carbonyl (C=O) groups excluding carboxylic acids is 2. The molecule has 2 aromatic rings. The summed E-state index contributed by atoms with van der Waals surface area (Å²) in [5.74, 6) is 0.562. The zero-order chi connectivity index (χ0) is 22.0. The van der Waals surface area contributed by atoms with Crippen LogP contribution in [0.1, 0.15) is 32.8 Å². The Morgan fingerprint density at radius 2 is 1.84 bits per heavy atom. The SMILES string of the molecule is CC(C)NC(=O)[C@]1(Cc2cccc(-c3ccccc3)c2)CN(C(=O)[C@H]2C[C@H]2C)CCO1. The van der Waals surface area contributed by atoms with E-state index in [-0.39, 0.29) is 23.8 Å². The minimum Gasteiger partial charge on any atom is -0.361 e. The molecule has 1 aliphatic carbocycles. The maximum Gasteiger partial charge on any atom is 0.254 e. The molecule has 1 saturated carbocycles. The molecule has 31 heavy (non-hydrogen) atoms. The zero-order valence-corrected chi connectivity index (χ0v) is 18.6. The quantitative estimate of drug-likeness (QED) is 0.776. The summed E-state index contributed by atoms with van der Waals surface area (Å²) in [7, 11) is 0. The van der Waals surface area contributed by atoms with Crippen LogP contribution in [0.5, 0.6) is 0 Å². The van der Waals surface area contributed by atoms with Gasteiger partial charge in [-0.25, -0.2) is 0 Å². The molecule has 3 atom stereocenters. The normalized spacial score (nSPS) is 25.4. The molecule has 1 aliphatic heterocycles. The van der Waals surface area contributed by atoms with Crippen LogP contribution in [-0.2, 0) is 20.7 Å². The molecule has 0 unspecified atom stereocenters. The number of nitrogens with one attached hydrogen (secondary N) is 1. The second-order valence-corrected chi connectivity index (χ2v) is 9.29. The molecule has 5 heteroatoms. The van der Waals surface area contributed by atoms with Gasteiger partial charge in [0.25, 0.3) is 5.91 Å². The molecule has 0 aromatic heterocycles. The summed E-state index contributed by atoms with van der Waals surface area (Å²) < 4.78 is 6.18. The molecular formula is C26H32N2O3. The van der Waals surface area contributed by atoms with Crippen LogP contribution in [-0.4, -0.2) is 48.1 Å². The summed E-state index contributed by atoms with van der Waals surface area (Å²) in [6, 6.07) is 18.4. The molecule has 5 nitrogen and oxygen atoms in total. The molecule has 1 saturated heterocycles. The highest BCUT2D eigenvalue weighted by Crippen LogP contribution is 2.40. The fourth-order valence-corrected chi connectivity index (χ4v) is 4.41. The molecule has 0 radical (unpaired) electrons. The molecule has 2 amide bonds. The number of hydrogen-bond acceptors (Lipinski definition) is 3. The van der Waals surface area contributed by atoms with Crippen molar-refractivity contribution in [1.29, 1.82) is 0 Å². The first-order chi connectivity index (χ1) is 14.9. The lowest BCUT2D eigenvalue weighted by atomic mass is 9.89. The van der Waals surface area contributed by atoms with Gasteiger partial charge in [0.15, 0.2) is 5.60 Å². The van der Waals surface area contributed by atoms with Crippen molar-refractivity contribution in [2.45, 2.75) is 45.3 Å². The number of carbonyl (C=O) groups is 2. The third kappa shape index (κ3) is 4.82. The third-order valence-electron chi connectivity index (χ3n) is 6.28. The highest BCUT2D eigenvalue weighted by atomic mass is 16.5. The predicted octanol–water partition coefficient (Wildman–Crippen LogP) is 3.67. The number of morpholine rings is 1. The number of nitrogens with zero attached hydrogens (tertiary/aromatic N) is 1. The van der Waals surface area contributed by atoms with Gasteiger partial charge in [0.2, 0.25) is 5.91 Å². The monoisotopic (exact) mass is 420 g/mol. The topological polar surface area (TPSA) is 58.6 Å². The summed E-state index contributed by atoms with van der Waals surface area (Å²) in [6.45, 7) is 7.21. The second kappa shape index (κ2) is 8.83. The van der Waals surface area contributed by atoms with Crippen LogP contribution in [0.2, 0.25) is 0 Å². The van der Waals surface area contributed by atoms with Crippen LogP contribution >= 0.6 is 0 Å². The first-order valence-electron chi connectivity index (χ1n) is 11.3. The van der Waals surface area contributed by atoms with E-state index < -0.39 is 5.60 Å². The van der Waals surface area contributed by atoms with Gasteiger partial charge in [-0.15, -0.1) is 0 Å². The van der Waals surface area contributed by atoms with Crippen LogP contribution in [0, 0.1) is 11.8 Å². The number of rotatable bonds is 6. The molecule has 1 heterocycles. The summed E-state index contributed by atoms with van der Waals surface area (Å²) >= 11 is 0. The molecule has 1 N–H and O–H groups in total. The second-order valence-electron chi connectivity index (χ2n) is 9.29. The summed E-state index contributed by atoms with van der Waals surface area (Å²) in [6.07, 6.45) is 1.37. The first kappa shape index (κ1) is 21.6.